The Bertz CT molecular complexity index is 491. The van der Waals surface area contributed by atoms with Crippen LogP contribution in [0.5, 0.6) is 0 Å². The van der Waals surface area contributed by atoms with Crippen molar-refractivity contribution in [2.24, 2.45) is 5.92 Å². The Labute approximate surface area is 106 Å². The van der Waals surface area contributed by atoms with Crippen LogP contribution in [0.4, 0.5) is 0 Å². The van der Waals surface area contributed by atoms with E-state index in [1.54, 1.807) is 0 Å². The van der Waals surface area contributed by atoms with Crippen LogP contribution in [0.2, 0.25) is 0 Å². The van der Waals surface area contributed by atoms with Gasteiger partial charge in [0.15, 0.2) is 0 Å². The highest BCUT2D eigenvalue weighted by atomic mass is 16.4. The van der Waals surface area contributed by atoms with Crippen molar-refractivity contribution in [1.82, 2.24) is 15.5 Å². The minimum Gasteiger partial charge on any atom is -0.419 e. The molecular weight excluding hydrogens is 226 g/mol. The van der Waals surface area contributed by atoms with Crippen LogP contribution in [0.3, 0.4) is 0 Å². The molecule has 0 aliphatic heterocycles. The first-order valence-electron chi connectivity index (χ1n) is 6.50. The molecule has 4 heteroatoms. The van der Waals surface area contributed by atoms with Crippen LogP contribution >= 0.6 is 0 Å². The zero-order chi connectivity index (χ0) is 12.2. The van der Waals surface area contributed by atoms with E-state index in [0.29, 0.717) is 18.3 Å². The lowest BCUT2D eigenvalue weighted by Gasteiger charge is -1.99. The van der Waals surface area contributed by atoms with Crippen molar-refractivity contribution in [3.8, 4) is 11.5 Å². The van der Waals surface area contributed by atoms with Crippen LogP contribution in [0.1, 0.15) is 25.2 Å². The molecule has 1 aromatic carbocycles. The van der Waals surface area contributed by atoms with Crippen molar-refractivity contribution in [3.63, 3.8) is 0 Å². The van der Waals surface area contributed by atoms with Gasteiger partial charge in [0.25, 0.3) is 0 Å². The summed E-state index contributed by atoms with van der Waals surface area (Å²) < 4.78 is 5.61. The normalized spacial score (nSPS) is 14.9. The van der Waals surface area contributed by atoms with Crippen molar-refractivity contribution >= 4 is 0 Å². The van der Waals surface area contributed by atoms with Gasteiger partial charge in [-0.05, 0) is 31.0 Å². The van der Waals surface area contributed by atoms with E-state index in [9.17, 15) is 0 Å². The second kappa shape index (κ2) is 5.31. The fraction of sp³-hybridized carbons (Fsp3) is 0.429. The molecule has 0 amide bonds. The SMILES string of the molecule is c1ccc(-c2nnc(CNCCC3CC3)o2)cc1. The summed E-state index contributed by atoms with van der Waals surface area (Å²) in [6.45, 7) is 1.69. The maximum absolute atomic E-state index is 5.61. The van der Waals surface area contributed by atoms with Gasteiger partial charge >= 0.3 is 0 Å². The average Bonchev–Trinajstić information content (AvgIpc) is 3.12. The number of nitrogens with one attached hydrogen (secondary N) is 1. The second-order valence-electron chi connectivity index (χ2n) is 4.78. The largest absolute Gasteiger partial charge is 0.419 e. The zero-order valence-corrected chi connectivity index (χ0v) is 10.3. The van der Waals surface area contributed by atoms with Gasteiger partial charge < -0.3 is 9.73 Å². The lowest BCUT2D eigenvalue weighted by molar-refractivity contribution is 0.472. The zero-order valence-electron chi connectivity index (χ0n) is 10.3. The summed E-state index contributed by atoms with van der Waals surface area (Å²) in [7, 11) is 0. The van der Waals surface area contributed by atoms with E-state index in [-0.39, 0.29) is 0 Å². The van der Waals surface area contributed by atoms with E-state index in [1.807, 2.05) is 30.3 Å². The van der Waals surface area contributed by atoms with Crippen molar-refractivity contribution in [1.29, 1.82) is 0 Å². The summed E-state index contributed by atoms with van der Waals surface area (Å²) in [4.78, 5) is 0. The lowest BCUT2D eigenvalue weighted by Crippen LogP contribution is -2.15. The molecule has 0 saturated heterocycles. The summed E-state index contributed by atoms with van der Waals surface area (Å²) in [5.41, 5.74) is 0.967. The molecule has 94 valence electrons. The van der Waals surface area contributed by atoms with Crippen LogP contribution in [0.15, 0.2) is 34.7 Å². The van der Waals surface area contributed by atoms with E-state index in [0.717, 1.165) is 18.0 Å². The molecule has 1 saturated carbocycles. The van der Waals surface area contributed by atoms with Crippen molar-refractivity contribution < 1.29 is 4.42 Å². The van der Waals surface area contributed by atoms with Crippen molar-refractivity contribution in [2.75, 3.05) is 6.54 Å². The van der Waals surface area contributed by atoms with Crippen LogP contribution in [-0.4, -0.2) is 16.7 Å². The third-order valence-electron chi connectivity index (χ3n) is 3.19. The number of nitrogens with zero attached hydrogens (tertiary/aromatic N) is 2. The molecule has 1 heterocycles. The third kappa shape index (κ3) is 2.96. The van der Waals surface area contributed by atoms with Crippen LogP contribution in [-0.2, 0) is 6.54 Å². The van der Waals surface area contributed by atoms with Gasteiger partial charge in [-0.1, -0.05) is 31.0 Å². The molecule has 1 aliphatic rings. The predicted octanol–water partition coefficient (Wildman–Crippen LogP) is 2.63. The molecule has 1 N–H and O–H groups in total. The van der Waals surface area contributed by atoms with Crippen LogP contribution in [0, 0.1) is 5.92 Å². The fourth-order valence-corrected chi connectivity index (χ4v) is 1.93. The molecule has 18 heavy (non-hydrogen) atoms. The van der Waals surface area contributed by atoms with E-state index in [1.165, 1.54) is 19.3 Å². The summed E-state index contributed by atoms with van der Waals surface area (Å²) in [5.74, 6) is 2.21. The van der Waals surface area contributed by atoms with Gasteiger partial charge in [0.1, 0.15) is 0 Å². The first kappa shape index (κ1) is 11.4. The third-order valence-corrected chi connectivity index (χ3v) is 3.19. The minimum atomic E-state index is 0.592. The molecule has 1 fully saturated rings. The Morgan fingerprint density at radius 1 is 1.17 bits per heavy atom. The van der Waals surface area contributed by atoms with Gasteiger partial charge in [-0.15, -0.1) is 10.2 Å². The summed E-state index contributed by atoms with van der Waals surface area (Å²) in [6, 6.07) is 9.84. The topological polar surface area (TPSA) is 51.0 Å². The predicted molar refractivity (Wildman–Crippen MR) is 68.8 cm³/mol. The fourth-order valence-electron chi connectivity index (χ4n) is 1.93. The molecular formula is C14H17N3O. The molecule has 0 atom stereocenters. The Hall–Kier alpha value is -1.68. The van der Waals surface area contributed by atoms with Crippen molar-refractivity contribution in [3.05, 3.63) is 36.2 Å². The van der Waals surface area contributed by atoms with Crippen LogP contribution < -0.4 is 5.32 Å². The summed E-state index contributed by atoms with van der Waals surface area (Å²) in [6.07, 6.45) is 4.07. The maximum Gasteiger partial charge on any atom is 0.247 e. The smallest absolute Gasteiger partial charge is 0.247 e. The summed E-state index contributed by atoms with van der Waals surface area (Å²) in [5, 5.41) is 11.4. The molecule has 0 bridgehead atoms. The highest BCUT2D eigenvalue weighted by molar-refractivity contribution is 5.51. The average molecular weight is 243 g/mol. The molecule has 0 spiro atoms. The first-order valence-corrected chi connectivity index (χ1v) is 6.50. The van der Waals surface area contributed by atoms with E-state index in [4.69, 9.17) is 4.42 Å². The first-order chi connectivity index (χ1) is 8.92. The Balaban J connectivity index is 1.52. The Morgan fingerprint density at radius 2 is 2.00 bits per heavy atom. The minimum absolute atomic E-state index is 0.592. The van der Waals surface area contributed by atoms with Crippen LogP contribution in [0.25, 0.3) is 11.5 Å². The van der Waals surface area contributed by atoms with Crippen molar-refractivity contribution in [2.45, 2.75) is 25.8 Å². The molecule has 1 aromatic heterocycles. The summed E-state index contributed by atoms with van der Waals surface area (Å²) >= 11 is 0. The molecule has 0 radical (unpaired) electrons. The highest BCUT2D eigenvalue weighted by Gasteiger charge is 2.20. The molecule has 2 aromatic rings. The Morgan fingerprint density at radius 3 is 2.78 bits per heavy atom. The Kier molecular flexibility index (Phi) is 3.37. The number of aromatic nitrogens is 2. The number of hydrogen-bond donors (Lipinski definition) is 1. The maximum atomic E-state index is 5.61. The standard InChI is InChI=1S/C14H17N3O/c1-2-4-12(5-3-1)14-17-16-13(18-14)10-15-9-8-11-6-7-11/h1-5,11,15H,6-10H2. The lowest BCUT2D eigenvalue weighted by atomic mass is 10.2. The van der Waals surface area contributed by atoms with Gasteiger partial charge in [0.05, 0.1) is 6.54 Å². The molecule has 0 unspecified atom stereocenters. The van der Waals surface area contributed by atoms with E-state index < -0.39 is 0 Å². The van der Waals surface area contributed by atoms with Gasteiger partial charge in [0, 0.05) is 5.56 Å². The van der Waals surface area contributed by atoms with Gasteiger partial charge in [0.2, 0.25) is 11.8 Å². The van der Waals surface area contributed by atoms with E-state index in [2.05, 4.69) is 15.5 Å². The number of hydrogen-bond acceptors (Lipinski definition) is 4. The van der Waals surface area contributed by atoms with E-state index >= 15 is 0 Å². The molecule has 3 rings (SSSR count). The number of benzene rings is 1. The van der Waals surface area contributed by atoms with Gasteiger partial charge in [-0.2, -0.15) is 0 Å². The van der Waals surface area contributed by atoms with Gasteiger partial charge in [-0.25, -0.2) is 0 Å². The molecule has 4 nitrogen and oxygen atoms in total. The highest BCUT2D eigenvalue weighted by Crippen LogP contribution is 2.31. The second-order valence-corrected chi connectivity index (χ2v) is 4.78. The number of rotatable bonds is 6. The monoisotopic (exact) mass is 243 g/mol. The van der Waals surface area contributed by atoms with Gasteiger partial charge in [-0.3, -0.25) is 0 Å². The molecule has 1 aliphatic carbocycles. The quantitative estimate of drug-likeness (QED) is 0.792.